The predicted molar refractivity (Wildman–Crippen MR) is 88.3 cm³/mol. The molecule has 0 spiro atoms. The molecule has 0 atom stereocenters. The number of carbonyl (C=O) groups is 1. The van der Waals surface area contributed by atoms with Gasteiger partial charge in [0.25, 0.3) is 5.91 Å². The van der Waals surface area contributed by atoms with E-state index < -0.39 is 0 Å². The Kier molecular flexibility index (Phi) is 7.48. The van der Waals surface area contributed by atoms with Crippen LogP contribution in [0.5, 0.6) is 0 Å². The number of aryl methyl sites for hydroxylation is 1. The third-order valence-corrected chi connectivity index (χ3v) is 4.38. The second kappa shape index (κ2) is 9.62. The first kappa shape index (κ1) is 17.9. The molecule has 1 aliphatic rings. The van der Waals surface area contributed by atoms with Crippen molar-refractivity contribution >= 4 is 5.91 Å². The second-order valence-corrected chi connectivity index (χ2v) is 6.01. The van der Waals surface area contributed by atoms with Crippen molar-refractivity contribution < 1.29 is 9.53 Å². The molecule has 1 saturated heterocycles. The van der Waals surface area contributed by atoms with Crippen LogP contribution in [0.2, 0.25) is 0 Å². The molecule has 1 fully saturated rings. The van der Waals surface area contributed by atoms with E-state index in [9.17, 15) is 4.79 Å². The van der Waals surface area contributed by atoms with Crippen molar-refractivity contribution in [3.63, 3.8) is 0 Å². The Morgan fingerprint density at radius 3 is 2.78 bits per heavy atom. The summed E-state index contributed by atoms with van der Waals surface area (Å²) >= 11 is 0. The van der Waals surface area contributed by atoms with Gasteiger partial charge in [0, 0.05) is 19.6 Å². The monoisotopic (exact) mass is 323 g/mol. The summed E-state index contributed by atoms with van der Waals surface area (Å²) in [5, 5.41) is 11.6. The van der Waals surface area contributed by atoms with E-state index in [1.165, 1.54) is 12.8 Å². The number of hydrogen-bond acceptors (Lipinski definition) is 5. The van der Waals surface area contributed by atoms with Gasteiger partial charge < -0.3 is 15.0 Å². The van der Waals surface area contributed by atoms with Crippen LogP contribution in [0, 0.1) is 5.92 Å². The van der Waals surface area contributed by atoms with E-state index >= 15 is 0 Å². The molecule has 7 heteroatoms. The molecule has 130 valence electrons. The minimum absolute atomic E-state index is 0.0496. The fraction of sp³-hybridized carbons (Fsp3) is 0.812. The number of hydrogen-bond donors (Lipinski definition) is 1. The number of rotatable bonds is 9. The Morgan fingerprint density at radius 1 is 1.35 bits per heavy atom. The van der Waals surface area contributed by atoms with Crippen molar-refractivity contribution in [2.45, 2.75) is 39.7 Å². The van der Waals surface area contributed by atoms with E-state index in [-0.39, 0.29) is 5.91 Å². The fourth-order valence-corrected chi connectivity index (χ4v) is 2.68. The summed E-state index contributed by atoms with van der Waals surface area (Å²) in [6.45, 7) is 9.74. The highest BCUT2D eigenvalue weighted by atomic mass is 16.5. The van der Waals surface area contributed by atoms with Gasteiger partial charge in [-0.3, -0.25) is 9.48 Å². The molecule has 2 rings (SSSR count). The van der Waals surface area contributed by atoms with Gasteiger partial charge in [-0.1, -0.05) is 31.9 Å². The van der Waals surface area contributed by atoms with E-state index in [4.69, 9.17) is 4.74 Å². The minimum atomic E-state index is -0.0496. The maximum Gasteiger partial charge on any atom is 0.276 e. The Morgan fingerprint density at radius 2 is 2.09 bits per heavy atom. The van der Waals surface area contributed by atoms with Crippen molar-refractivity contribution in [2.75, 3.05) is 39.4 Å². The van der Waals surface area contributed by atoms with Gasteiger partial charge >= 0.3 is 0 Å². The Hall–Kier alpha value is -1.47. The molecule has 0 aromatic carbocycles. The lowest BCUT2D eigenvalue weighted by molar-refractivity contribution is 0.0299. The van der Waals surface area contributed by atoms with E-state index in [0.29, 0.717) is 32.0 Å². The first-order valence-corrected chi connectivity index (χ1v) is 8.72. The quantitative estimate of drug-likeness (QED) is 0.691. The number of nitrogens with one attached hydrogen (secondary N) is 1. The summed E-state index contributed by atoms with van der Waals surface area (Å²) in [4.78, 5) is 14.0. The van der Waals surface area contributed by atoms with E-state index in [0.717, 1.165) is 32.0 Å². The van der Waals surface area contributed by atoms with Crippen LogP contribution in [0.15, 0.2) is 6.20 Å². The van der Waals surface area contributed by atoms with Gasteiger partial charge in [-0.05, 0) is 25.4 Å². The largest absolute Gasteiger partial charge is 0.378 e. The summed E-state index contributed by atoms with van der Waals surface area (Å²) in [5.41, 5.74) is 0.428. The average molecular weight is 323 g/mol. The third-order valence-electron chi connectivity index (χ3n) is 4.38. The van der Waals surface area contributed by atoms with Crippen LogP contribution >= 0.6 is 0 Å². The fourth-order valence-electron chi connectivity index (χ4n) is 2.68. The molecule has 1 amide bonds. The van der Waals surface area contributed by atoms with Gasteiger partial charge in [0.05, 0.1) is 19.4 Å². The van der Waals surface area contributed by atoms with Gasteiger partial charge in [-0.15, -0.1) is 5.10 Å². The van der Waals surface area contributed by atoms with Gasteiger partial charge in [0.1, 0.15) is 0 Å². The summed E-state index contributed by atoms with van der Waals surface area (Å²) in [6.07, 6.45) is 5.17. The lowest BCUT2D eigenvalue weighted by Crippen LogP contribution is -2.40. The van der Waals surface area contributed by atoms with Crippen molar-refractivity contribution in [2.24, 2.45) is 5.92 Å². The summed E-state index contributed by atoms with van der Waals surface area (Å²) in [5.74, 6) is 0.713. The first-order valence-electron chi connectivity index (χ1n) is 8.72. The van der Waals surface area contributed by atoms with Crippen LogP contribution in [0.1, 0.15) is 43.6 Å². The SMILES string of the molecule is CCC(CC)CNCCCn1cc(C(=O)N2CCOCC2)nn1. The molecule has 23 heavy (non-hydrogen) atoms. The molecule has 0 bridgehead atoms. The molecule has 1 aliphatic heterocycles. The molecule has 0 radical (unpaired) electrons. The predicted octanol–water partition coefficient (Wildman–Crippen LogP) is 1.17. The summed E-state index contributed by atoms with van der Waals surface area (Å²) in [7, 11) is 0. The van der Waals surface area contributed by atoms with Gasteiger partial charge in [0.2, 0.25) is 0 Å². The van der Waals surface area contributed by atoms with Crippen LogP contribution in [-0.4, -0.2) is 65.2 Å². The normalized spacial score (nSPS) is 15.3. The Labute approximate surface area is 138 Å². The van der Waals surface area contributed by atoms with Crippen molar-refractivity contribution in [1.82, 2.24) is 25.2 Å². The molecule has 2 heterocycles. The molecule has 1 aromatic heterocycles. The van der Waals surface area contributed by atoms with Crippen LogP contribution in [0.4, 0.5) is 0 Å². The summed E-state index contributed by atoms with van der Waals surface area (Å²) in [6, 6.07) is 0. The standard InChI is InChI=1S/C16H29N5O2/c1-3-14(4-2)12-17-6-5-7-21-13-15(18-19-21)16(22)20-8-10-23-11-9-20/h13-14,17H,3-12H2,1-2H3. The van der Waals surface area contributed by atoms with Gasteiger partial charge in [0.15, 0.2) is 5.69 Å². The lowest BCUT2D eigenvalue weighted by Gasteiger charge is -2.25. The molecular weight excluding hydrogens is 294 g/mol. The van der Waals surface area contributed by atoms with Gasteiger partial charge in [-0.25, -0.2) is 0 Å². The molecule has 7 nitrogen and oxygen atoms in total. The van der Waals surface area contributed by atoms with Crippen molar-refractivity contribution in [3.05, 3.63) is 11.9 Å². The number of ether oxygens (including phenoxy) is 1. The van der Waals surface area contributed by atoms with Crippen LogP contribution in [-0.2, 0) is 11.3 Å². The van der Waals surface area contributed by atoms with Crippen LogP contribution < -0.4 is 5.32 Å². The molecule has 1 N–H and O–H groups in total. The zero-order valence-corrected chi connectivity index (χ0v) is 14.3. The number of aromatic nitrogens is 3. The van der Waals surface area contributed by atoms with E-state index in [1.807, 2.05) is 0 Å². The van der Waals surface area contributed by atoms with E-state index in [1.54, 1.807) is 15.8 Å². The van der Waals surface area contributed by atoms with Gasteiger partial charge in [-0.2, -0.15) is 0 Å². The summed E-state index contributed by atoms with van der Waals surface area (Å²) < 4.78 is 7.01. The molecule has 1 aromatic rings. The second-order valence-electron chi connectivity index (χ2n) is 6.01. The smallest absolute Gasteiger partial charge is 0.276 e. The van der Waals surface area contributed by atoms with Crippen LogP contribution in [0.3, 0.4) is 0 Å². The molecule has 0 aliphatic carbocycles. The zero-order valence-electron chi connectivity index (χ0n) is 14.3. The number of carbonyl (C=O) groups excluding carboxylic acids is 1. The number of amides is 1. The van der Waals surface area contributed by atoms with Crippen molar-refractivity contribution in [1.29, 1.82) is 0 Å². The molecule has 0 saturated carbocycles. The minimum Gasteiger partial charge on any atom is -0.378 e. The Bertz CT molecular complexity index is 467. The highest BCUT2D eigenvalue weighted by Gasteiger charge is 2.21. The highest BCUT2D eigenvalue weighted by molar-refractivity contribution is 5.91. The number of morpholine rings is 1. The maximum absolute atomic E-state index is 12.3. The topological polar surface area (TPSA) is 72.3 Å². The Balaban J connectivity index is 1.69. The molecule has 0 unspecified atom stereocenters. The van der Waals surface area contributed by atoms with Crippen molar-refractivity contribution in [3.8, 4) is 0 Å². The van der Waals surface area contributed by atoms with Crippen LogP contribution in [0.25, 0.3) is 0 Å². The maximum atomic E-state index is 12.3. The zero-order chi connectivity index (χ0) is 16.5. The van der Waals surface area contributed by atoms with E-state index in [2.05, 4.69) is 29.5 Å². The average Bonchev–Trinajstić information content (AvgIpc) is 3.07. The highest BCUT2D eigenvalue weighted by Crippen LogP contribution is 2.06. The third kappa shape index (κ3) is 5.58. The molecular formula is C16H29N5O2. The number of nitrogens with zero attached hydrogens (tertiary/aromatic N) is 4. The first-order chi connectivity index (χ1) is 11.2. The lowest BCUT2D eigenvalue weighted by atomic mass is 10.0.